The van der Waals surface area contributed by atoms with Crippen LogP contribution in [0.2, 0.25) is 0 Å². The van der Waals surface area contributed by atoms with Crippen molar-refractivity contribution in [2.45, 2.75) is 20.3 Å². The van der Waals surface area contributed by atoms with Gasteiger partial charge in [-0.05, 0) is 37.6 Å². The number of nitrogens with one attached hydrogen (secondary N) is 1. The maximum atomic E-state index is 13.1. The maximum Gasteiger partial charge on any atom is 0.259 e. The molecule has 0 atom stereocenters. The van der Waals surface area contributed by atoms with Gasteiger partial charge in [0.15, 0.2) is 10.8 Å². The Morgan fingerprint density at radius 1 is 1.21 bits per heavy atom. The Hall–Kier alpha value is -3.13. The van der Waals surface area contributed by atoms with Gasteiger partial charge in [-0.15, -0.1) is 11.3 Å². The lowest BCUT2D eigenvalue weighted by Crippen LogP contribution is -2.12. The fourth-order valence-electron chi connectivity index (χ4n) is 3.03. The molecule has 3 aromatic heterocycles. The highest BCUT2D eigenvalue weighted by Crippen LogP contribution is 2.26. The van der Waals surface area contributed by atoms with Gasteiger partial charge in [-0.3, -0.25) is 14.8 Å². The molecule has 28 heavy (non-hydrogen) atoms. The molecular weight excluding hydrogens is 377 g/mol. The van der Waals surface area contributed by atoms with Crippen molar-refractivity contribution in [2.24, 2.45) is 7.05 Å². The average molecular weight is 395 g/mol. The summed E-state index contributed by atoms with van der Waals surface area (Å²) in [6.07, 6.45) is 2.18. The number of hydrogen-bond acceptors (Lipinski definition) is 5. The third-order valence-corrected chi connectivity index (χ3v) is 5.59. The summed E-state index contributed by atoms with van der Waals surface area (Å²) in [5, 5.41) is 8.55. The molecule has 0 saturated heterocycles. The van der Waals surface area contributed by atoms with E-state index in [1.165, 1.54) is 23.5 Å². The van der Waals surface area contributed by atoms with E-state index in [0.717, 1.165) is 32.9 Å². The van der Waals surface area contributed by atoms with E-state index in [-0.39, 0.29) is 11.7 Å². The summed E-state index contributed by atoms with van der Waals surface area (Å²) in [5.74, 6) is -0.521. The number of hydrogen-bond donors (Lipinski definition) is 1. The van der Waals surface area contributed by atoms with Crippen LogP contribution >= 0.6 is 11.3 Å². The number of benzene rings is 1. The minimum absolute atomic E-state index is 0.257. The molecule has 6 nitrogen and oxygen atoms in total. The number of aryl methyl sites for hydroxylation is 3. The molecule has 0 aliphatic carbocycles. The Bertz CT molecular complexity index is 1180. The highest BCUT2D eigenvalue weighted by atomic mass is 32.1. The second-order valence-corrected chi connectivity index (χ2v) is 7.67. The summed E-state index contributed by atoms with van der Waals surface area (Å²) < 4.78 is 14.8. The largest absolute Gasteiger partial charge is 0.298 e. The van der Waals surface area contributed by atoms with Crippen molar-refractivity contribution < 1.29 is 9.18 Å². The number of aromatic nitrogens is 4. The fourth-order valence-corrected chi connectivity index (χ4v) is 4.03. The lowest BCUT2D eigenvalue weighted by molar-refractivity contribution is 0.102. The molecule has 0 saturated carbocycles. The van der Waals surface area contributed by atoms with Gasteiger partial charge in [0, 0.05) is 29.9 Å². The van der Waals surface area contributed by atoms with Crippen molar-refractivity contribution in [3.8, 4) is 0 Å². The zero-order chi connectivity index (χ0) is 19.8. The Labute approximate surface area is 165 Å². The number of nitrogens with zero attached hydrogens (tertiary/aromatic N) is 4. The summed E-state index contributed by atoms with van der Waals surface area (Å²) in [6, 6.07) is 8.18. The van der Waals surface area contributed by atoms with Crippen LogP contribution in [0.15, 0.2) is 36.5 Å². The zero-order valence-corrected chi connectivity index (χ0v) is 16.5. The highest BCUT2D eigenvalue weighted by molar-refractivity contribution is 7.15. The number of halogens is 1. The summed E-state index contributed by atoms with van der Waals surface area (Å²) in [4.78, 5) is 22.5. The van der Waals surface area contributed by atoms with Gasteiger partial charge in [0.2, 0.25) is 0 Å². The van der Waals surface area contributed by atoms with Gasteiger partial charge in [0.25, 0.3) is 5.91 Å². The van der Waals surface area contributed by atoms with Crippen LogP contribution in [0.4, 0.5) is 9.52 Å². The van der Waals surface area contributed by atoms with E-state index in [9.17, 15) is 9.18 Å². The van der Waals surface area contributed by atoms with Crippen LogP contribution in [0.5, 0.6) is 0 Å². The quantitative estimate of drug-likeness (QED) is 0.566. The SMILES string of the molecule is Cc1nc(NC(=O)c2cnc3c(c2)c(C)nn3C)sc1Cc1ccc(F)cc1. The van der Waals surface area contributed by atoms with E-state index in [1.54, 1.807) is 29.1 Å². The first-order valence-electron chi connectivity index (χ1n) is 8.72. The molecule has 1 N–H and O–H groups in total. The van der Waals surface area contributed by atoms with E-state index in [1.807, 2.05) is 20.9 Å². The lowest BCUT2D eigenvalue weighted by Gasteiger charge is -2.02. The lowest BCUT2D eigenvalue weighted by atomic mass is 10.1. The topological polar surface area (TPSA) is 72.7 Å². The second-order valence-electron chi connectivity index (χ2n) is 6.59. The molecular formula is C20H18FN5OS. The van der Waals surface area contributed by atoms with Gasteiger partial charge >= 0.3 is 0 Å². The number of pyridine rings is 1. The van der Waals surface area contributed by atoms with Gasteiger partial charge in [-0.2, -0.15) is 5.10 Å². The van der Waals surface area contributed by atoms with Crippen LogP contribution < -0.4 is 5.32 Å². The summed E-state index contributed by atoms with van der Waals surface area (Å²) >= 11 is 1.42. The molecule has 4 aromatic rings. The van der Waals surface area contributed by atoms with Gasteiger partial charge in [0.05, 0.1) is 17.0 Å². The molecule has 3 heterocycles. The van der Waals surface area contributed by atoms with Crippen LogP contribution in [0.25, 0.3) is 11.0 Å². The maximum absolute atomic E-state index is 13.1. The minimum atomic E-state index is -0.264. The number of carbonyl (C=O) groups is 1. The van der Waals surface area contributed by atoms with Gasteiger partial charge in [0.1, 0.15) is 5.82 Å². The molecule has 0 radical (unpaired) electrons. The second kappa shape index (κ2) is 7.12. The molecule has 4 rings (SSSR count). The molecule has 8 heteroatoms. The Balaban J connectivity index is 1.53. The van der Waals surface area contributed by atoms with E-state index in [0.29, 0.717) is 17.1 Å². The van der Waals surface area contributed by atoms with Crippen molar-refractivity contribution in [3.63, 3.8) is 0 Å². The number of anilines is 1. The van der Waals surface area contributed by atoms with E-state index < -0.39 is 0 Å². The summed E-state index contributed by atoms with van der Waals surface area (Å²) in [7, 11) is 1.82. The smallest absolute Gasteiger partial charge is 0.259 e. The Kier molecular flexibility index (Phi) is 4.64. The van der Waals surface area contributed by atoms with Crippen LogP contribution in [0, 0.1) is 19.7 Å². The molecule has 142 valence electrons. The standard InChI is InChI=1S/C20H18FN5OS/c1-11-16-9-14(10-22-18(16)26(3)25-11)19(27)24-20-23-12(2)17(28-20)8-13-4-6-15(21)7-5-13/h4-7,9-10H,8H2,1-3H3,(H,23,24,27). The average Bonchev–Trinajstić information content (AvgIpc) is 3.15. The minimum Gasteiger partial charge on any atom is -0.298 e. The third kappa shape index (κ3) is 3.50. The molecule has 0 bridgehead atoms. The van der Waals surface area contributed by atoms with Crippen molar-refractivity contribution in [1.82, 2.24) is 19.7 Å². The molecule has 0 aliphatic heterocycles. The number of rotatable bonds is 4. The first-order valence-corrected chi connectivity index (χ1v) is 9.54. The number of thiazole rings is 1. The van der Waals surface area contributed by atoms with Crippen molar-refractivity contribution in [3.05, 3.63) is 69.7 Å². The third-order valence-electron chi connectivity index (χ3n) is 4.52. The van der Waals surface area contributed by atoms with Gasteiger partial charge < -0.3 is 0 Å². The van der Waals surface area contributed by atoms with E-state index in [4.69, 9.17) is 0 Å². The zero-order valence-electron chi connectivity index (χ0n) is 15.7. The summed E-state index contributed by atoms with van der Waals surface area (Å²) in [5.41, 5.74) is 3.86. The van der Waals surface area contributed by atoms with Gasteiger partial charge in [-0.25, -0.2) is 14.4 Å². The van der Waals surface area contributed by atoms with Crippen LogP contribution in [-0.4, -0.2) is 25.7 Å². The number of amides is 1. The Morgan fingerprint density at radius 3 is 2.71 bits per heavy atom. The first kappa shape index (κ1) is 18.2. The van der Waals surface area contributed by atoms with Crippen molar-refractivity contribution in [2.75, 3.05) is 5.32 Å². The van der Waals surface area contributed by atoms with E-state index >= 15 is 0 Å². The highest BCUT2D eigenvalue weighted by Gasteiger charge is 2.15. The fraction of sp³-hybridized carbons (Fsp3) is 0.200. The van der Waals surface area contributed by atoms with Crippen LogP contribution in [-0.2, 0) is 13.5 Å². The van der Waals surface area contributed by atoms with Crippen LogP contribution in [0.1, 0.15) is 32.2 Å². The molecule has 0 unspecified atom stereocenters. The number of fused-ring (bicyclic) bond motifs is 1. The normalized spacial score (nSPS) is 11.1. The molecule has 0 aliphatic rings. The first-order chi connectivity index (χ1) is 13.4. The number of carbonyl (C=O) groups excluding carboxylic acids is 1. The van der Waals surface area contributed by atoms with Crippen molar-refractivity contribution >= 4 is 33.4 Å². The molecule has 1 amide bonds. The van der Waals surface area contributed by atoms with E-state index in [2.05, 4.69) is 20.4 Å². The van der Waals surface area contributed by atoms with Crippen molar-refractivity contribution in [1.29, 1.82) is 0 Å². The molecule has 0 fully saturated rings. The monoisotopic (exact) mass is 395 g/mol. The molecule has 1 aromatic carbocycles. The predicted molar refractivity (Wildman–Crippen MR) is 107 cm³/mol. The summed E-state index contributed by atoms with van der Waals surface area (Å²) in [6.45, 7) is 3.79. The van der Waals surface area contributed by atoms with Gasteiger partial charge in [-0.1, -0.05) is 12.1 Å². The Morgan fingerprint density at radius 2 is 1.96 bits per heavy atom. The predicted octanol–water partition coefficient (Wildman–Crippen LogP) is 4.02. The van der Waals surface area contributed by atoms with Crippen LogP contribution in [0.3, 0.4) is 0 Å². The molecule has 0 spiro atoms.